The van der Waals surface area contributed by atoms with E-state index in [9.17, 15) is 0 Å². The van der Waals surface area contributed by atoms with Crippen molar-refractivity contribution in [3.8, 4) is 0 Å². The molecule has 2 atom stereocenters. The molecule has 1 rings (SSSR count). The van der Waals surface area contributed by atoms with Crippen molar-refractivity contribution in [1.82, 2.24) is 4.90 Å². The van der Waals surface area contributed by atoms with Crippen LogP contribution in [-0.4, -0.2) is 22.8 Å². The summed E-state index contributed by atoms with van der Waals surface area (Å²) in [4.78, 5) is 2.61. The van der Waals surface area contributed by atoms with Gasteiger partial charge in [0.05, 0.1) is 0 Å². The fourth-order valence-corrected chi connectivity index (χ4v) is 4.03. The normalized spacial score (nSPS) is 14.4. The van der Waals surface area contributed by atoms with Crippen molar-refractivity contribution in [2.45, 2.75) is 58.6 Å². The van der Waals surface area contributed by atoms with Crippen LogP contribution in [0.4, 0.5) is 0 Å². The zero-order chi connectivity index (χ0) is 12.8. The molecule has 0 radical (unpaired) electrons. The molecule has 0 saturated heterocycles. The van der Waals surface area contributed by atoms with E-state index < -0.39 is 0 Å². The van der Waals surface area contributed by atoms with E-state index in [2.05, 4.69) is 69.9 Å². The van der Waals surface area contributed by atoms with Gasteiger partial charge in [-0.1, -0.05) is 38.9 Å². The van der Waals surface area contributed by atoms with Gasteiger partial charge in [0.1, 0.15) is 0 Å². The molecule has 2 unspecified atom stereocenters. The summed E-state index contributed by atoms with van der Waals surface area (Å²) in [6.07, 6.45) is 1.21. The Morgan fingerprint density at radius 3 is 1.94 bits per heavy atom. The van der Waals surface area contributed by atoms with E-state index in [0.29, 0.717) is 17.9 Å². The molecular weight excluding hydrogens is 225 g/mol. The van der Waals surface area contributed by atoms with Gasteiger partial charge >= 0.3 is 0 Å². The van der Waals surface area contributed by atoms with Gasteiger partial charge in [-0.05, 0) is 46.3 Å². The van der Waals surface area contributed by atoms with E-state index in [1.165, 1.54) is 11.7 Å². The van der Waals surface area contributed by atoms with Crippen LogP contribution in [0, 0.1) is 0 Å². The van der Waals surface area contributed by atoms with Crippen LogP contribution >= 0.6 is 8.58 Å². The molecule has 0 aliphatic carbocycles. The summed E-state index contributed by atoms with van der Waals surface area (Å²) < 4.78 is 0. The Morgan fingerprint density at radius 2 is 1.47 bits per heavy atom. The molecule has 2 heteroatoms. The van der Waals surface area contributed by atoms with Gasteiger partial charge in [0.2, 0.25) is 0 Å². The minimum absolute atomic E-state index is 0.633. The van der Waals surface area contributed by atoms with Crippen molar-refractivity contribution in [3.63, 3.8) is 0 Å². The third-order valence-corrected chi connectivity index (χ3v) is 4.59. The van der Waals surface area contributed by atoms with Crippen LogP contribution in [0.1, 0.15) is 40.2 Å². The Balaban J connectivity index is 2.50. The van der Waals surface area contributed by atoms with Crippen LogP contribution in [-0.2, 0) is 6.16 Å². The average molecular weight is 251 g/mol. The van der Waals surface area contributed by atoms with Crippen molar-refractivity contribution >= 4 is 8.58 Å². The van der Waals surface area contributed by atoms with Crippen LogP contribution in [0.3, 0.4) is 0 Å². The Kier molecular flexibility index (Phi) is 6.16. The average Bonchev–Trinajstić information content (AvgIpc) is 2.27. The van der Waals surface area contributed by atoms with Crippen LogP contribution in [0.15, 0.2) is 30.3 Å². The molecule has 1 aromatic carbocycles. The molecule has 17 heavy (non-hydrogen) atoms. The Morgan fingerprint density at radius 1 is 0.941 bits per heavy atom. The predicted molar refractivity (Wildman–Crippen MR) is 80.0 cm³/mol. The highest BCUT2D eigenvalue weighted by Crippen LogP contribution is 2.29. The Bertz CT molecular complexity index is 300. The zero-order valence-corrected chi connectivity index (χ0v) is 12.8. The maximum atomic E-state index is 2.61. The van der Waals surface area contributed by atoms with E-state index in [-0.39, 0.29) is 0 Å². The van der Waals surface area contributed by atoms with Gasteiger partial charge in [-0.2, -0.15) is 0 Å². The van der Waals surface area contributed by atoms with Gasteiger partial charge in [0.25, 0.3) is 0 Å². The smallest absolute Gasteiger partial charge is 0.0248 e. The lowest BCUT2D eigenvalue weighted by atomic mass is 10.2. The van der Waals surface area contributed by atoms with E-state index in [1.54, 1.807) is 0 Å². The van der Waals surface area contributed by atoms with Gasteiger partial charge in [-0.25, -0.2) is 0 Å². The minimum atomic E-state index is 0.633. The summed E-state index contributed by atoms with van der Waals surface area (Å²) >= 11 is 0. The number of hydrogen-bond donors (Lipinski definition) is 0. The van der Waals surface area contributed by atoms with Gasteiger partial charge < -0.3 is 0 Å². The number of hydrogen-bond acceptors (Lipinski definition) is 1. The molecule has 0 heterocycles. The third-order valence-electron chi connectivity index (χ3n) is 3.08. The summed E-state index contributed by atoms with van der Waals surface area (Å²) in [7, 11) is 0.975. The van der Waals surface area contributed by atoms with Gasteiger partial charge in [0.15, 0.2) is 0 Å². The fraction of sp³-hybridized carbons (Fsp3) is 0.600. The number of benzene rings is 1. The highest BCUT2D eigenvalue weighted by molar-refractivity contribution is 7.37. The standard InChI is InChI=1S/C15H26NP/c1-12(2)16(13(3)4)14(5)17-11-15-9-7-6-8-10-15/h6-10,12-14,17H,11H2,1-5H3. The minimum Gasteiger partial charge on any atom is -0.292 e. The highest BCUT2D eigenvalue weighted by atomic mass is 31.1. The fourth-order valence-electron chi connectivity index (χ4n) is 2.46. The first-order chi connectivity index (χ1) is 8.02. The molecule has 0 bridgehead atoms. The Labute approximate surface area is 108 Å². The first kappa shape index (κ1) is 14.7. The molecule has 0 amide bonds. The van der Waals surface area contributed by atoms with Crippen LogP contribution in [0.2, 0.25) is 0 Å². The third kappa shape index (κ3) is 4.77. The summed E-state index contributed by atoms with van der Waals surface area (Å²) in [5, 5.41) is 0. The second kappa shape index (κ2) is 7.13. The predicted octanol–water partition coefficient (Wildman–Crippen LogP) is 4.33. The monoisotopic (exact) mass is 251 g/mol. The van der Waals surface area contributed by atoms with Crippen LogP contribution in [0.5, 0.6) is 0 Å². The van der Waals surface area contributed by atoms with Crippen molar-refractivity contribution < 1.29 is 0 Å². The second-order valence-electron chi connectivity index (χ2n) is 5.18. The molecule has 0 N–H and O–H groups in total. The topological polar surface area (TPSA) is 3.24 Å². The molecular formula is C15H26NP. The highest BCUT2D eigenvalue weighted by Gasteiger charge is 2.19. The molecule has 96 valence electrons. The molecule has 0 aliphatic heterocycles. The van der Waals surface area contributed by atoms with Gasteiger partial charge in [-0.15, -0.1) is 0 Å². The maximum Gasteiger partial charge on any atom is 0.0248 e. The number of nitrogens with zero attached hydrogens (tertiary/aromatic N) is 1. The first-order valence-corrected chi connectivity index (χ1v) is 7.85. The van der Waals surface area contributed by atoms with E-state index in [1.807, 2.05) is 0 Å². The van der Waals surface area contributed by atoms with E-state index in [4.69, 9.17) is 0 Å². The molecule has 0 aliphatic rings. The molecule has 0 aromatic heterocycles. The van der Waals surface area contributed by atoms with E-state index in [0.717, 1.165) is 8.58 Å². The summed E-state index contributed by atoms with van der Waals surface area (Å²) in [6.45, 7) is 11.5. The second-order valence-corrected chi connectivity index (χ2v) is 6.77. The van der Waals surface area contributed by atoms with Gasteiger partial charge in [-0.3, -0.25) is 4.90 Å². The molecule has 1 aromatic rings. The SMILES string of the molecule is CC(C)N(C(C)C)C(C)PCc1ccccc1. The van der Waals surface area contributed by atoms with E-state index >= 15 is 0 Å². The van der Waals surface area contributed by atoms with Crippen LogP contribution < -0.4 is 0 Å². The largest absolute Gasteiger partial charge is 0.292 e. The number of rotatable bonds is 6. The maximum absolute atomic E-state index is 2.61. The summed E-state index contributed by atoms with van der Waals surface area (Å²) in [6, 6.07) is 12.1. The van der Waals surface area contributed by atoms with Crippen molar-refractivity contribution in [2.24, 2.45) is 0 Å². The Hall–Kier alpha value is -0.390. The lowest BCUT2D eigenvalue weighted by Crippen LogP contribution is -2.41. The molecule has 0 spiro atoms. The lowest BCUT2D eigenvalue weighted by Gasteiger charge is -2.36. The lowest BCUT2D eigenvalue weighted by molar-refractivity contribution is 0.166. The van der Waals surface area contributed by atoms with Crippen molar-refractivity contribution in [3.05, 3.63) is 35.9 Å². The van der Waals surface area contributed by atoms with Crippen LogP contribution in [0.25, 0.3) is 0 Å². The summed E-state index contributed by atoms with van der Waals surface area (Å²) in [5.74, 6) is 0.676. The first-order valence-electron chi connectivity index (χ1n) is 6.57. The zero-order valence-electron chi connectivity index (χ0n) is 11.8. The van der Waals surface area contributed by atoms with Crippen molar-refractivity contribution in [1.29, 1.82) is 0 Å². The molecule has 0 fully saturated rings. The molecule has 0 saturated carbocycles. The quantitative estimate of drug-likeness (QED) is 0.680. The summed E-state index contributed by atoms with van der Waals surface area (Å²) in [5.41, 5.74) is 1.46. The van der Waals surface area contributed by atoms with Crippen molar-refractivity contribution in [2.75, 3.05) is 0 Å². The van der Waals surface area contributed by atoms with Gasteiger partial charge in [0, 0.05) is 17.9 Å². The molecule has 1 nitrogen and oxygen atoms in total.